The fourth-order valence-electron chi connectivity index (χ4n) is 4.15. The highest BCUT2D eigenvalue weighted by Gasteiger charge is 2.28. The Kier molecular flexibility index (Phi) is 9.21. The Bertz CT molecular complexity index is 873. The molecule has 3 rings (SSSR count). The van der Waals surface area contributed by atoms with Crippen LogP contribution in [0.4, 0.5) is 0 Å². The average molecular weight is 461 g/mol. The predicted molar refractivity (Wildman–Crippen MR) is 127 cm³/mol. The predicted octanol–water partition coefficient (Wildman–Crippen LogP) is 4.33. The van der Waals surface area contributed by atoms with Crippen molar-refractivity contribution in [2.75, 3.05) is 27.3 Å². The quantitative estimate of drug-likeness (QED) is 0.305. The highest BCUT2D eigenvalue weighted by Crippen LogP contribution is 2.32. The number of halogens is 1. The van der Waals surface area contributed by atoms with Crippen LogP contribution in [0.3, 0.4) is 0 Å². The van der Waals surface area contributed by atoms with Crippen LogP contribution in [-0.2, 0) is 11.4 Å². The van der Waals surface area contributed by atoms with Gasteiger partial charge in [0.2, 0.25) is 0 Å². The standard InChI is InChI=1S/C25H33ClN2O4/c1-30-23-11-10-18(14-24(23)31-2)17-32-22-9-5-4-8-20(22)19(16-29)15-21(27)25(26)28-12-6-3-7-13-28/h4-5,8-11,14,16,19,21,25H,3,6-7,12-13,15,17,27H2,1-2H3. The maximum absolute atomic E-state index is 12.0. The Morgan fingerprint density at radius 3 is 2.44 bits per heavy atom. The van der Waals surface area contributed by atoms with Crippen molar-refractivity contribution in [1.29, 1.82) is 0 Å². The molecule has 0 radical (unpaired) electrons. The van der Waals surface area contributed by atoms with E-state index in [1.807, 2.05) is 42.5 Å². The van der Waals surface area contributed by atoms with E-state index in [9.17, 15) is 4.79 Å². The van der Waals surface area contributed by atoms with E-state index >= 15 is 0 Å². The minimum atomic E-state index is -0.391. The largest absolute Gasteiger partial charge is 0.493 e. The van der Waals surface area contributed by atoms with Gasteiger partial charge in [0.15, 0.2) is 11.5 Å². The zero-order valence-electron chi connectivity index (χ0n) is 18.8. The molecule has 3 atom stereocenters. The SMILES string of the molecule is COc1ccc(COc2ccccc2C(C=O)CC(N)C(Cl)N2CCCCC2)cc1OC. The molecule has 0 bridgehead atoms. The van der Waals surface area contributed by atoms with Crippen LogP contribution in [-0.4, -0.2) is 50.0 Å². The first-order valence-electron chi connectivity index (χ1n) is 11.1. The molecule has 1 saturated heterocycles. The number of rotatable bonds is 11. The highest BCUT2D eigenvalue weighted by molar-refractivity contribution is 6.20. The molecule has 0 spiro atoms. The molecule has 0 amide bonds. The van der Waals surface area contributed by atoms with Gasteiger partial charge in [-0.1, -0.05) is 30.7 Å². The molecular weight excluding hydrogens is 428 g/mol. The van der Waals surface area contributed by atoms with E-state index in [4.69, 9.17) is 31.5 Å². The molecule has 0 saturated carbocycles. The number of aldehydes is 1. The van der Waals surface area contributed by atoms with E-state index in [1.165, 1.54) is 6.42 Å². The molecule has 0 aromatic heterocycles. The third kappa shape index (κ3) is 6.15. The summed E-state index contributed by atoms with van der Waals surface area (Å²) in [7, 11) is 3.20. The van der Waals surface area contributed by atoms with Gasteiger partial charge in [0.05, 0.1) is 14.2 Å². The topological polar surface area (TPSA) is 74.0 Å². The van der Waals surface area contributed by atoms with Gasteiger partial charge in [0.1, 0.15) is 24.1 Å². The molecule has 0 aliphatic carbocycles. The van der Waals surface area contributed by atoms with Crippen molar-refractivity contribution in [2.45, 2.75) is 49.8 Å². The van der Waals surface area contributed by atoms with Gasteiger partial charge in [-0.3, -0.25) is 4.90 Å². The van der Waals surface area contributed by atoms with Crippen molar-refractivity contribution < 1.29 is 19.0 Å². The lowest BCUT2D eigenvalue weighted by molar-refractivity contribution is -0.109. The molecule has 1 aliphatic heterocycles. The third-order valence-electron chi connectivity index (χ3n) is 5.94. The molecule has 6 nitrogen and oxygen atoms in total. The first-order chi connectivity index (χ1) is 15.6. The van der Waals surface area contributed by atoms with Gasteiger partial charge >= 0.3 is 0 Å². The smallest absolute Gasteiger partial charge is 0.161 e. The van der Waals surface area contributed by atoms with Crippen LogP contribution in [0.1, 0.15) is 42.7 Å². The van der Waals surface area contributed by atoms with Crippen molar-refractivity contribution in [2.24, 2.45) is 5.73 Å². The summed E-state index contributed by atoms with van der Waals surface area (Å²) in [6.07, 6.45) is 4.92. The lowest BCUT2D eigenvalue weighted by Gasteiger charge is -2.34. The summed E-state index contributed by atoms with van der Waals surface area (Å²) in [5.74, 6) is 1.58. The Labute approximate surface area is 195 Å². The number of nitrogens with two attached hydrogens (primary N) is 1. The van der Waals surface area contributed by atoms with Crippen LogP contribution < -0.4 is 19.9 Å². The molecule has 7 heteroatoms. The fraction of sp³-hybridized carbons (Fsp3) is 0.480. The van der Waals surface area contributed by atoms with Gasteiger partial charge in [-0.15, -0.1) is 11.6 Å². The van der Waals surface area contributed by atoms with Crippen LogP contribution in [0.2, 0.25) is 0 Å². The highest BCUT2D eigenvalue weighted by atomic mass is 35.5. The van der Waals surface area contributed by atoms with E-state index < -0.39 is 5.92 Å². The van der Waals surface area contributed by atoms with E-state index in [-0.39, 0.29) is 11.5 Å². The summed E-state index contributed by atoms with van der Waals surface area (Å²) in [5, 5.41) is 0. The lowest BCUT2D eigenvalue weighted by atomic mass is 9.92. The van der Waals surface area contributed by atoms with Crippen LogP contribution in [0.25, 0.3) is 0 Å². The van der Waals surface area contributed by atoms with Gasteiger partial charge in [-0.05, 0) is 56.1 Å². The Balaban J connectivity index is 1.69. The molecule has 2 N–H and O–H groups in total. The molecule has 2 aromatic rings. The van der Waals surface area contributed by atoms with Crippen molar-refractivity contribution in [3.8, 4) is 17.2 Å². The number of hydrogen-bond acceptors (Lipinski definition) is 6. The first-order valence-corrected chi connectivity index (χ1v) is 11.5. The first kappa shape index (κ1) is 24.4. The van der Waals surface area contributed by atoms with Crippen molar-refractivity contribution in [1.82, 2.24) is 4.90 Å². The minimum Gasteiger partial charge on any atom is -0.493 e. The second kappa shape index (κ2) is 12.1. The second-order valence-corrected chi connectivity index (χ2v) is 8.57. The summed E-state index contributed by atoms with van der Waals surface area (Å²) >= 11 is 6.66. The fourth-order valence-corrected chi connectivity index (χ4v) is 4.45. The molecule has 1 fully saturated rings. The average Bonchev–Trinajstić information content (AvgIpc) is 2.85. The van der Waals surface area contributed by atoms with Crippen molar-refractivity contribution in [3.05, 3.63) is 53.6 Å². The minimum absolute atomic E-state index is 0.280. The number of piperidine rings is 1. The van der Waals surface area contributed by atoms with Crippen molar-refractivity contribution >= 4 is 17.9 Å². The van der Waals surface area contributed by atoms with Crippen LogP contribution in [0, 0.1) is 0 Å². The second-order valence-electron chi connectivity index (χ2n) is 8.13. The molecule has 1 heterocycles. The number of hydrogen-bond donors (Lipinski definition) is 1. The normalized spacial score (nSPS) is 17.2. The Morgan fingerprint density at radius 1 is 1.03 bits per heavy atom. The number of para-hydroxylation sites is 1. The van der Waals surface area contributed by atoms with E-state index in [1.54, 1.807) is 14.2 Å². The summed E-state index contributed by atoms with van der Waals surface area (Å²) in [6.45, 7) is 2.25. The zero-order valence-corrected chi connectivity index (χ0v) is 19.6. The van der Waals surface area contributed by atoms with E-state index in [0.717, 1.165) is 43.3 Å². The van der Waals surface area contributed by atoms with Crippen LogP contribution in [0.5, 0.6) is 17.2 Å². The van der Waals surface area contributed by atoms with Crippen LogP contribution in [0.15, 0.2) is 42.5 Å². The molecule has 1 aliphatic rings. The summed E-state index contributed by atoms with van der Waals surface area (Å²) < 4.78 is 16.8. The summed E-state index contributed by atoms with van der Waals surface area (Å²) in [5.41, 5.74) is 7.91. The van der Waals surface area contributed by atoms with Gasteiger partial charge in [0, 0.05) is 17.5 Å². The number of alkyl halides is 1. The van der Waals surface area contributed by atoms with Gasteiger partial charge in [-0.2, -0.15) is 0 Å². The van der Waals surface area contributed by atoms with Crippen LogP contribution >= 0.6 is 11.6 Å². The number of carbonyl (C=O) groups is 1. The van der Waals surface area contributed by atoms with Gasteiger partial charge in [0.25, 0.3) is 0 Å². The number of nitrogens with zero attached hydrogens (tertiary/aromatic N) is 1. The van der Waals surface area contributed by atoms with Gasteiger partial charge in [-0.25, -0.2) is 0 Å². The number of methoxy groups -OCH3 is 2. The summed E-state index contributed by atoms with van der Waals surface area (Å²) in [4.78, 5) is 14.2. The van der Waals surface area contributed by atoms with E-state index in [0.29, 0.717) is 30.3 Å². The molecule has 174 valence electrons. The molecule has 2 aromatic carbocycles. The zero-order chi connectivity index (χ0) is 22.9. The number of likely N-dealkylation sites (tertiary alicyclic amines) is 1. The number of benzene rings is 2. The molecule has 32 heavy (non-hydrogen) atoms. The number of ether oxygens (including phenoxy) is 3. The molecule has 3 unspecified atom stereocenters. The lowest BCUT2D eigenvalue weighted by Crippen LogP contribution is -2.47. The van der Waals surface area contributed by atoms with Gasteiger partial charge < -0.3 is 24.7 Å². The van der Waals surface area contributed by atoms with E-state index in [2.05, 4.69) is 4.90 Å². The molecular formula is C25H33ClN2O4. The Hall–Kier alpha value is -2.28. The Morgan fingerprint density at radius 2 is 1.75 bits per heavy atom. The monoisotopic (exact) mass is 460 g/mol. The van der Waals surface area contributed by atoms with Crippen molar-refractivity contribution in [3.63, 3.8) is 0 Å². The maximum Gasteiger partial charge on any atom is 0.161 e. The number of carbonyl (C=O) groups excluding carboxylic acids is 1. The third-order valence-corrected chi connectivity index (χ3v) is 6.54. The maximum atomic E-state index is 12.0. The summed E-state index contributed by atoms with van der Waals surface area (Å²) in [6, 6.07) is 12.9.